The quantitative estimate of drug-likeness (QED) is 0.407. The summed E-state index contributed by atoms with van der Waals surface area (Å²) in [5.74, 6) is 1.39. The molecule has 0 bridgehead atoms. The first-order valence-electron chi connectivity index (χ1n) is 9.24. The van der Waals surface area contributed by atoms with Gasteiger partial charge in [0.1, 0.15) is 18.0 Å². The van der Waals surface area contributed by atoms with Gasteiger partial charge in [-0.3, -0.25) is 0 Å². The van der Waals surface area contributed by atoms with Gasteiger partial charge in [-0.15, -0.1) is 11.3 Å². The molecule has 4 aromatic rings. The zero-order valence-corrected chi connectivity index (χ0v) is 17.5. The normalized spacial score (nSPS) is 13.5. The van der Waals surface area contributed by atoms with Crippen molar-refractivity contribution in [1.29, 1.82) is 0 Å². The number of ether oxygens (including phenoxy) is 1. The van der Waals surface area contributed by atoms with Crippen LogP contribution in [0.15, 0.2) is 64.5 Å². The number of hydrogen-bond donors (Lipinski definition) is 2. The number of fused-ring (bicyclic) bond motifs is 1. The number of aromatic nitrogens is 1. The van der Waals surface area contributed by atoms with Gasteiger partial charge in [-0.1, -0.05) is 41.0 Å². The Hall–Kier alpha value is -2.38. The Bertz CT molecular complexity index is 1090. The molecule has 4 rings (SSSR count). The van der Waals surface area contributed by atoms with Gasteiger partial charge in [0.15, 0.2) is 10.6 Å². The Morgan fingerprint density at radius 2 is 2.03 bits per heavy atom. The lowest BCUT2D eigenvalue weighted by Crippen LogP contribution is -2.42. The zero-order valence-electron chi connectivity index (χ0n) is 15.9. The van der Waals surface area contributed by atoms with E-state index in [1.54, 1.807) is 18.3 Å². The summed E-state index contributed by atoms with van der Waals surface area (Å²) in [5, 5.41) is 21.7. The molecule has 2 N–H and O–H groups in total. The van der Waals surface area contributed by atoms with Crippen molar-refractivity contribution in [3.05, 3.63) is 70.6 Å². The fourth-order valence-corrected chi connectivity index (χ4v) is 3.81. The first-order chi connectivity index (χ1) is 14.0. The molecule has 0 amide bonds. The highest BCUT2D eigenvalue weighted by atomic mass is 35.5. The predicted octanol–water partition coefficient (Wildman–Crippen LogP) is 5.13. The Balaban J connectivity index is 1.34. The van der Waals surface area contributed by atoms with Gasteiger partial charge in [0.2, 0.25) is 0 Å². The van der Waals surface area contributed by atoms with Crippen LogP contribution in [0.4, 0.5) is 0 Å². The molecule has 0 unspecified atom stereocenters. The van der Waals surface area contributed by atoms with Crippen molar-refractivity contribution in [1.82, 2.24) is 10.5 Å². The molecule has 0 radical (unpaired) electrons. The van der Waals surface area contributed by atoms with Gasteiger partial charge in [0.25, 0.3) is 0 Å². The van der Waals surface area contributed by atoms with Crippen LogP contribution in [-0.4, -0.2) is 29.0 Å². The van der Waals surface area contributed by atoms with Crippen LogP contribution < -0.4 is 10.1 Å². The van der Waals surface area contributed by atoms with Crippen LogP contribution in [0.25, 0.3) is 21.5 Å². The summed E-state index contributed by atoms with van der Waals surface area (Å²) in [6, 6.07) is 17.2. The topological polar surface area (TPSA) is 67.5 Å². The van der Waals surface area contributed by atoms with E-state index >= 15 is 0 Å². The summed E-state index contributed by atoms with van der Waals surface area (Å²) in [6.07, 6.45) is 0. The van der Waals surface area contributed by atoms with Gasteiger partial charge in [-0.25, -0.2) is 0 Å². The minimum absolute atomic E-state index is 0.161. The van der Waals surface area contributed by atoms with Crippen molar-refractivity contribution in [2.75, 3.05) is 13.2 Å². The highest BCUT2D eigenvalue weighted by Crippen LogP contribution is 2.33. The maximum absolute atomic E-state index is 10.6. The molecule has 5 nitrogen and oxygen atoms in total. The molecule has 7 heteroatoms. The average molecular weight is 429 g/mol. The van der Waals surface area contributed by atoms with E-state index in [4.69, 9.17) is 20.9 Å². The minimum Gasteiger partial charge on any atom is -0.491 e. The number of halogens is 1. The molecule has 0 aliphatic heterocycles. The molecule has 0 saturated heterocycles. The third-order valence-electron chi connectivity index (χ3n) is 4.50. The van der Waals surface area contributed by atoms with Gasteiger partial charge in [-0.05, 0) is 48.2 Å². The second-order valence-corrected chi connectivity index (χ2v) is 8.53. The van der Waals surface area contributed by atoms with Crippen molar-refractivity contribution >= 4 is 33.2 Å². The van der Waals surface area contributed by atoms with Crippen molar-refractivity contribution in [2.24, 2.45) is 0 Å². The molecule has 150 valence electrons. The van der Waals surface area contributed by atoms with Crippen LogP contribution in [0, 0.1) is 0 Å². The van der Waals surface area contributed by atoms with Crippen LogP contribution in [0.1, 0.15) is 12.5 Å². The zero-order chi connectivity index (χ0) is 20.3. The van der Waals surface area contributed by atoms with E-state index in [1.807, 2.05) is 60.0 Å². The van der Waals surface area contributed by atoms with E-state index in [0.29, 0.717) is 23.9 Å². The van der Waals surface area contributed by atoms with Crippen molar-refractivity contribution in [3.8, 4) is 17.1 Å². The second-order valence-electron chi connectivity index (χ2n) is 7.19. The largest absolute Gasteiger partial charge is 0.491 e. The molecular weight excluding hydrogens is 408 g/mol. The van der Waals surface area contributed by atoms with Crippen LogP contribution >= 0.6 is 22.9 Å². The minimum atomic E-state index is -1.02. The van der Waals surface area contributed by atoms with Gasteiger partial charge in [-0.2, -0.15) is 0 Å². The molecule has 0 saturated carbocycles. The number of nitrogens with one attached hydrogen (secondary N) is 1. The predicted molar refractivity (Wildman–Crippen MR) is 117 cm³/mol. The highest BCUT2D eigenvalue weighted by Gasteiger charge is 2.21. The molecule has 0 aliphatic rings. The van der Waals surface area contributed by atoms with E-state index < -0.39 is 5.60 Å². The van der Waals surface area contributed by atoms with Crippen LogP contribution in [-0.2, 0) is 6.54 Å². The molecule has 0 spiro atoms. The van der Waals surface area contributed by atoms with Crippen LogP contribution in [0.3, 0.4) is 0 Å². The number of hydrogen-bond acceptors (Lipinski definition) is 6. The third-order valence-corrected chi connectivity index (χ3v) is 5.55. The Morgan fingerprint density at radius 1 is 1.21 bits per heavy atom. The second kappa shape index (κ2) is 8.55. The van der Waals surface area contributed by atoms with Crippen molar-refractivity contribution in [2.45, 2.75) is 19.1 Å². The van der Waals surface area contributed by atoms with Gasteiger partial charge < -0.3 is 19.7 Å². The summed E-state index contributed by atoms with van der Waals surface area (Å²) in [7, 11) is 0. The van der Waals surface area contributed by atoms with Crippen molar-refractivity contribution < 1.29 is 14.4 Å². The SMILES string of the molecule is C[C@@](O)(CNCc1ccc(Cl)cc1)COc1cccc(-c2onc3sccc23)c1. The van der Waals surface area contributed by atoms with Gasteiger partial charge >= 0.3 is 0 Å². The van der Waals surface area contributed by atoms with E-state index in [0.717, 1.165) is 27.1 Å². The standard InChI is InChI=1S/C22H21ClN2O3S/c1-22(26,13-24-12-15-5-7-17(23)8-6-15)14-27-18-4-2-3-16(11-18)20-19-9-10-29-21(19)25-28-20/h2-11,24,26H,12-14H2,1H3/t22-/m1/s1. The fraction of sp³-hybridized carbons (Fsp3) is 0.227. The summed E-state index contributed by atoms with van der Waals surface area (Å²) in [6.45, 7) is 2.95. The monoisotopic (exact) mass is 428 g/mol. The van der Waals surface area contributed by atoms with Gasteiger partial charge in [0.05, 0.1) is 5.39 Å². The molecule has 2 aromatic heterocycles. The number of benzene rings is 2. The maximum Gasteiger partial charge on any atom is 0.175 e. The lowest BCUT2D eigenvalue weighted by molar-refractivity contribution is 0.0121. The molecule has 2 aromatic carbocycles. The lowest BCUT2D eigenvalue weighted by Gasteiger charge is -2.24. The van der Waals surface area contributed by atoms with Gasteiger partial charge in [0, 0.05) is 23.7 Å². The van der Waals surface area contributed by atoms with E-state index in [1.165, 1.54) is 0 Å². The summed E-state index contributed by atoms with van der Waals surface area (Å²) in [4.78, 5) is 0.876. The first-order valence-corrected chi connectivity index (χ1v) is 10.5. The molecule has 29 heavy (non-hydrogen) atoms. The molecule has 0 fully saturated rings. The molecular formula is C22H21ClN2O3S. The lowest BCUT2D eigenvalue weighted by atomic mass is 10.1. The Kier molecular flexibility index (Phi) is 5.87. The number of rotatable bonds is 8. The smallest absolute Gasteiger partial charge is 0.175 e. The Labute approximate surface area is 177 Å². The number of thiophene rings is 1. The van der Waals surface area contributed by atoms with Crippen LogP contribution in [0.5, 0.6) is 5.75 Å². The van der Waals surface area contributed by atoms with Crippen molar-refractivity contribution in [3.63, 3.8) is 0 Å². The highest BCUT2D eigenvalue weighted by molar-refractivity contribution is 7.16. The van der Waals surface area contributed by atoms with E-state index in [2.05, 4.69) is 10.5 Å². The average Bonchev–Trinajstić information content (AvgIpc) is 3.32. The maximum atomic E-state index is 10.6. The summed E-state index contributed by atoms with van der Waals surface area (Å²) < 4.78 is 11.3. The Morgan fingerprint density at radius 3 is 2.86 bits per heavy atom. The summed E-state index contributed by atoms with van der Waals surface area (Å²) in [5.41, 5.74) is 0.976. The van der Waals surface area contributed by atoms with E-state index in [-0.39, 0.29) is 6.61 Å². The van der Waals surface area contributed by atoms with E-state index in [9.17, 15) is 5.11 Å². The number of aliphatic hydroxyl groups is 1. The molecule has 1 atom stereocenters. The molecule has 0 aliphatic carbocycles. The third kappa shape index (κ3) is 4.97. The summed E-state index contributed by atoms with van der Waals surface area (Å²) >= 11 is 7.44. The number of nitrogens with zero attached hydrogens (tertiary/aromatic N) is 1. The molecule has 2 heterocycles. The first kappa shape index (κ1) is 19.9. The fourth-order valence-electron chi connectivity index (χ4n) is 2.98. The van der Waals surface area contributed by atoms with Crippen LogP contribution in [0.2, 0.25) is 5.02 Å².